The van der Waals surface area contributed by atoms with Crippen molar-refractivity contribution in [2.24, 2.45) is 11.7 Å². The molecule has 0 spiro atoms. The van der Waals surface area contributed by atoms with Gasteiger partial charge in [0.05, 0.1) is 6.04 Å². The Morgan fingerprint density at radius 3 is 2.62 bits per heavy atom. The van der Waals surface area contributed by atoms with Crippen molar-refractivity contribution in [3.05, 3.63) is 35.9 Å². The van der Waals surface area contributed by atoms with Gasteiger partial charge in [-0.25, -0.2) is 0 Å². The number of rotatable bonds is 9. The van der Waals surface area contributed by atoms with Gasteiger partial charge in [-0.2, -0.15) is 0 Å². The summed E-state index contributed by atoms with van der Waals surface area (Å²) >= 11 is 0. The van der Waals surface area contributed by atoms with Gasteiger partial charge in [0.1, 0.15) is 0 Å². The summed E-state index contributed by atoms with van der Waals surface area (Å²) in [5.41, 5.74) is 7.20. The van der Waals surface area contributed by atoms with E-state index in [-0.39, 0.29) is 11.8 Å². The highest BCUT2D eigenvalue weighted by Crippen LogP contribution is 2.05. The van der Waals surface area contributed by atoms with Crippen molar-refractivity contribution in [1.82, 2.24) is 10.2 Å². The molecule has 4 nitrogen and oxygen atoms in total. The van der Waals surface area contributed by atoms with Crippen LogP contribution in [0.5, 0.6) is 0 Å². The molecule has 1 unspecified atom stereocenters. The molecule has 0 saturated carbocycles. The van der Waals surface area contributed by atoms with Gasteiger partial charge < -0.3 is 16.0 Å². The van der Waals surface area contributed by atoms with Crippen LogP contribution < -0.4 is 11.1 Å². The van der Waals surface area contributed by atoms with Crippen molar-refractivity contribution in [3.63, 3.8) is 0 Å². The van der Waals surface area contributed by atoms with Gasteiger partial charge in [0, 0.05) is 13.1 Å². The maximum absolute atomic E-state index is 11.8. The topological polar surface area (TPSA) is 58.4 Å². The fourth-order valence-corrected chi connectivity index (χ4v) is 2.16. The van der Waals surface area contributed by atoms with Crippen molar-refractivity contribution in [2.75, 3.05) is 20.1 Å². The number of benzene rings is 1. The minimum absolute atomic E-state index is 0.0323. The molecule has 0 aliphatic heterocycles. The molecule has 21 heavy (non-hydrogen) atoms. The molecule has 1 aromatic carbocycles. The first-order valence-corrected chi connectivity index (χ1v) is 7.80. The minimum atomic E-state index is -0.392. The van der Waals surface area contributed by atoms with E-state index in [1.165, 1.54) is 5.56 Å². The number of nitrogens with one attached hydrogen (secondary N) is 1. The molecule has 4 heteroatoms. The van der Waals surface area contributed by atoms with Gasteiger partial charge in [-0.15, -0.1) is 0 Å². The van der Waals surface area contributed by atoms with Crippen LogP contribution in [0.1, 0.15) is 32.3 Å². The second kappa shape index (κ2) is 9.53. The van der Waals surface area contributed by atoms with Gasteiger partial charge in [-0.05, 0) is 31.5 Å². The van der Waals surface area contributed by atoms with Crippen molar-refractivity contribution in [3.8, 4) is 0 Å². The van der Waals surface area contributed by atoms with Crippen molar-refractivity contribution in [1.29, 1.82) is 0 Å². The Morgan fingerprint density at radius 2 is 2.00 bits per heavy atom. The summed E-state index contributed by atoms with van der Waals surface area (Å²) in [7, 11) is 2.10. The van der Waals surface area contributed by atoms with Gasteiger partial charge in [-0.1, -0.05) is 50.6 Å². The number of nitrogens with zero attached hydrogens (tertiary/aromatic N) is 1. The van der Waals surface area contributed by atoms with E-state index in [1.807, 2.05) is 13.0 Å². The second-order valence-corrected chi connectivity index (χ2v) is 5.78. The van der Waals surface area contributed by atoms with Crippen LogP contribution in [-0.4, -0.2) is 37.0 Å². The van der Waals surface area contributed by atoms with E-state index >= 15 is 0 Å². The van der Waals surface area contributed by atoms with Crippen LogP contribution in [0.2, 0.25) is 0 Å². The van der Waals surface area contributed by atoms with Crippen LogP contribution in [0.4, 0.5) is 0 Å². The van der Waals surface area contributed by atoms with Crippen LogP contribution in [-0.2, 0) is 11.3 Å². The van der Waals surface area contributed by atoms with Gasteiger partial charge in [0.25, 0.3) is 0 Å². The molecular weight excluding hydrogens is 262 g/mol. The zero-order valence-corrected chi connectivity index (χ0v) is 13.5. The largest absolute Gasteiger partial charge is 0.355 e. The number of hydrogen-bond donors (Lipinski definition) is 2. The normalized spacial score (nSPS) is 14.0. The number of carbonyl (C=O) groups is 1. The lowest BCUT2D eigenvalue weighted by Crippen LogP contribution is -2.45. The molecule has 1 amide bonds. The van der Waals surface area contributed by atoms with E-state index in [4.69, 9.17) is 5.73 Å². The molecule has 0 bridgehead atoms. The van der Waals surface area contributed by atoms with Gasteiger partial charge in [-0.3, -0.25) is 4.79 Å². The molecule has 1 aromatic rings. The fourth-order valence-electron chi connectivity index (χ4n) is 2.16. The maximum atomic E-state index is 11.8. The third-order valence-corrected chi connectivity index (χ3v) is 3.87. The Kier molecular flexibility index (Phi) is 8.01. The standard InChI is InChI=1S/C17H29N3O/c1-4-14(2)16(18)17(21)19-11-8-12-20(3)13-15-9-6-5-7-10-15/h5-7,9-10,14,16H,4,8,11-13,18H2,1-3H3,(H,19,21)/t14?,16-/m0/s1. The summed E-state index contributed by atoms with van der Waals surface area (Å²) < 4.78 is 0. The van der Waals surface area contributed by atoms with Crippen molar-refractivity contribution >= 4 is 5.91 Å². The molecule has 0 aliphatic rings. The molecular formula is C17H29N3O. The molecule has 2 atom stereocenters. The highest BCUT2D eigenvalue weighted by Gasteiger charge is 2.18. The summed E-state index contributed by atoms with van der Waals surface area (Å²) in [6, 6.07) is 10.0. The lowest BCUT2D eigenvalue weighted by molar-refractivity contribution is -0.123. The van der Waals surface area contributed by atoms with Crippen molar-refractivity contribution in [2.45, 2.75) is 39.3 Å². The second-order valence-electron chi connectivity index (χ2n) is 5.78. The van der Waals surface area contributed by atoms with E-state index in [9.17, 15) is 4.79 Å². The summed E-state index contributed by atoms with van der Waals surface area (Å²) in [6.45, 7) is 6.63. The summed E-state index contributed by atoms with van der Waals surface area (Å²) in [5.74, 6) is 0.195. The molecule has 1 rings (SSSR count). The number of amides is 1. The first-order valence-electron chi connectivity index (χ1n) is 7.80. The van der Waals surface area contributed by atoms with Gasteiger partial charge in [0.15, 0.2) is 0 Å². The third-order valence-electron chi connectivity index (χ3n) is 3.87. The Hall–Kier alpha value is -1.39. The predicted molar refractivity (Wildman–Crippen MR) is 87.8 cm³/mol. The molecule has 0 saturated heterocycles. The smallest absolute Gasteiger partial charge is 0.237 e. The van der Waals surface area contributed by atoms with Crippen LogP contribution >= 0.6 is 0 Å². The SMILES string of the molecule is CCC(C)[C@H](N)C(=O)NCCCN(C)Cc1ccccc1. The molecule has 0 heterocycles. The lowest BCUT2D eigenvalue weighted by Gasteiger charge is -2.19. The summed E-state index contributed by atoms with van der Waals surface area (Å²) in [4.78, 5) is 14.1. The quantitative estimate of drug-likeness (QED) is 0.684. The Balaban J connectivity index is 2.17. The first kappa shape index (κ1) is 17.7. The van der Waals surface area contributed by atoms with E-state index in [2.05, 4.69) is 48.5 Å². The minimum Gasteiger partial charge on any atom is -0.355 e. The van der Waals surface area contributed by atoms with E-state index in [0.717, 1.165) is 25.9 Å². The Bertz CT molecular complexity index is 408. The van der Waals surface area contributed by atoms with E-state index in [1.54, 1.807) is 0 Å². The fraction of sp³-hybridized carbons (Fsp3) is 0.588. The number of carbonyl (C=O) groups excluding carboxylic acids is 1. The molecule has 0 fully saturated rings. The van der Waals surface area contributed by atoms with Gasteiger partial charge in [0.2, 0.25) is 5.91 Å². The summed E-state index contributed by atoms with van der Waals surface area (Å²) in [6.07, 6.45) is 1.86. The molecule has 0 aliphatic carbocycles. The van der Waals surface area contributed by atoms with E-state index in [0.29, 0.717) is 6.54 Å². The zero-order chi connectivity index (χ0) is 15.7. The van der Waals surface area contributed by atoms with Crippen LogP contribution in [0, 0.1) is 5.92 Å². The third kappa shape index (κ3) is 6.74. The zero-order valence-electron chi connectivity index (χ0n) is 13.5. The monoisotopic (exact) mass is 291 g/mol. The molecule has 118 valence electrons. The average molecular weight is 291 g/mol. The Morgan fingerprint density at radius 1 is 1.33 bits per heavy atom. The van der Waals surface area contributed by atoms with Crippen molar-refractivity contribution < 1.29 is 4.79 Å². The lowest BCUT2D eigenvalue weighted by atomic mass is 9.99. The summed E-state index contributed by atoms with van der Waals surface area (Å²) in [5, 5.41) is 2.93. The average Bonchev–Trinajstić information content (AvgIpc) is 2.50. The Labute approximate surface area is 128 Å². The van der Waals surface area contributed by atoms with Crippen LogP contribution in [0.15, 0.2) is 30.3 Å². The molecule has 3 N–H and O–H groups in total. The number of nitrogens with two attached hydrogens (primary N) is 1. The molecule has 0 radical (unpaired) electrons. The molecule has 0 aromatic heterocycles. The van der Waals surface area contributed by atoms with Gasteiger partial charge >= 0.3 is 0 Å². The predicted octanol–water partition coefficient (Wildman–Crippen LogP) is 2.00. The number of hydrogen-bond acceptors (Lipinski definition) is 3. The van der Waals surface area contributed by atoms with E-state index < -0.39 is 6.04 Å². The highest BCUT2D eigenvalue weighted by molar-refractivity contribution is 5.81. The van der Waals surface area contributed by atoms with Crippen LogP contribution in [0.3, 0.4) is 0 Å². The first-order chi connectivity index (χ1) is 10.0. The maximum Gasteiger partial charge on any atom is 0.237 e. The van der Waals surface area contributed by atoms with Crippen LogP contribution in [0.25, 0.3) is 0 Å². The highest BCUT2D eigenvalue weighted by atomic mass is 16.2.